The van der Waals surface area contributed by atoms with Crippen LogP contribution in [0.4, 0.5) is 0 Å². The van der Waals surface area contributed by atoms with Gasteiger partial charge in [-0.3, -0.25) is 24.5 Å². The molecule has 2 heterocycles. The molecule has 4 amide bonds. The normalized spacial score (nSPS) is 24.6. The first-order chi connectivity index (χ1) is 14.9. The maximum absolute atomic E-state index is 13.0. The standard InChI is InChI=1S/C23H22N4O4/c24-20-15-4-2-1-3-12(15)10-17(20)25-21(29)13-5-6-14-11-27(23(31)16(14)9-13)18-7-8-19(28)26-22(18)30/h1-6,9,17-18,20H,7-8,10-11,24H2,(H,25,29)(H,26,28,30)/t17-,18?,20-/m1/s1. The lowest BCUT2D eigenvalue weighted by atomic mass is 10.0. The highest BCUT2D eigenvalue weighted by Crippen LogP contribution is 2.31. The third-order valence-corrected chi connectivity index (χ3v) is 6.39. The van der Waals surface area contributed by atoms with Crippen molar-refractivity contribution in [3.8, 4) is 0 Å². The molecule has 158 valence electrons. The molecule has 1 saturated heterocycles. The number of fused-ring (bicyclic) bond motifs is 2. The number of hydrogen-bond donors (Lipinski definition) is 3. The maximum atomic E-state index is 13.0. The fourth-order valence-electron chi connectivity index (χ4n) is 4.71. The van der Waals surface area contributed by atoms with Crippen LogP contribution in [0.25, 0.3) is 0 Å². The van der Waals surface area contributed by atoms with Gasteiger partial charge in [-0.25, -0.2) is 0 Å². The number of carbonyl (C=O) groups is 4. The van der Waals surface area contributed by atoms with Crippen molar-refractivity contribution in [1.29, 1.82) is 0 Å². The van der Waals surface area contributed by atoms with Crippen LogP contribution in [0, 0.1) is 0 Å². The van der Waals surface area contributed by atoms with E-state index in [-0.39, 0.29) is 42.8 Å². The molecule has 1 unspecified atom stereocenters. The van der Waals surface area contributed by atoms with E-state index in [4.69, 9.17) is 5.73 Å². The number of imide groups is 1. The summed E-state index contributed by atoms with van der Waals surface area (Å²) in [6.45, 7) is 0.283. The molecule has 1 fully saturated rings. The molecule has 0 aromatic heterocycles. The van der Waals surface area contributed by atoms with Crippen LogP contribution in [0.3, 0.4) is 0 Å². The van der Waals surface area contributed by atoms with Crippen LogP contribution in [0.15, 0.2) is 42.5 Å². The summed E-state index contributed by atoms with van der Waals surface area (Å²) in [6.07, 6.45) is 1.17. The summed E-state index contributed by atoms with van der Waals surface area (Å²) in [4.78, 5) is 50.9. The molecule has 1 aliphatic carbocycles. The van der Waals surface area contributed by atoms with Crippen molar-refractivity contribution in [3.05, 3.63) is 70.3 Å². The number of hydrogen-bond acceptors (Lipinski definition) is 5. The minimum absolute atomic E-state index is 0.203. The van der Waals surface area contributed by atoms with Crippen LogP contribution >= 0.6 is 0 Å². The summed E-state index contributed by atoms with van der Waals surface area (Å²) >= 11 is 0. The SMILES string of the molecule is N[C@@H]1c2ccccc2C[C@H]1NC(=O)c1ccc2c(c1)C(=O)N(C1CCC(=O)NC1=O)C2. The number of nitrogens with zero attached hydrogens (tertiary/aromatic N) is 1. The highest BCUT2D eigenvalue weighted by Gasteiger charge is 2.39. The van der Waals surface area contributed by atoms with Crippen LogP contribution in [0.2, 0.25) is 0 Å². The zero-order valence-corrected chi connectivity index (χ0v) is 16.8. The summed E-state index contributed by atoms with van der Waals surface area (Å²) in [5.41, 5.74) is 10.0. The third kappa shape index (κ3) is 3.29. The van der Waals surface area contributed by atoms with Gasteiger partial charge in [-0.05, 0) is 41.7 Å². The maximum Gasteiger partial charge on any atom is 0.255 e. The minimum Gasteiger partial charge on any atom is -0.347 e. The Morgan fingerprint density at radius 3 is 2.68 bits per heavy atom. The predicted molar refractivity (Wildman–Crippen MR) is 111 cm³/mol. The van der Waals surface area contributed by atoms with Crippen LogP contribution in [-0.4, -0.2) is 40.6 Å². The number of carbonyl (C=O) groups excluding carboxylic acids is 4. The monoisotopic (exact) mass is 418 g/mol. The second kappa shape index (κ2) is 7.31. The number of benzene rings is 2. The first-order valence-corrected chi connectivity index (χ1v) is 10.3. The Balaban J connectivity index is 1.31. The average molecular weight is 418 g/mol. The van der Waals surface area contributed by atoms with Gasteiger partial charge in [0.1, 0.15) is 6.04 Å². The van der Waals surface area contributed by atoms with Crippen molar-refractivity contribution < 1.29 is 19.2 Å². The van der Waals surface area contributed by atoms with Gasteiger partial charge in [0.05, 0.1) is 12.1 Å². The van der Waals surface area contributed by atoms with E-state index >= 15 is 0 Å². The Labute approximate surface area is 178 Å². The molecule has 8 nitrogen and oxygen atoms in total. The number of rotatable bonds is 3. The molecule has 2 aromatic carbocycles. The topological polar surface area (TPSA) is 122 Å². The average Bonchev–Trinajstić information content (AvgIpc) is 3.25. The van der Waals surface area contributed by atoms with Gasteiger partial charge < -0.3 is 16.0 Å². The molecule has 0 radical (unpaired) electrons. The lowest BCUT2D eigenvalue weighted by molar-refractivity contribution is -0.136. The molecular formula is C23H22N4O4. The second-order valence-electron chi connectivity index (χ2n) is 8.28. The van der Waals surface area contributed by atoms with Gasteiger partial charge in [-0.2, -0.15) is 0 Å². The molecule has 0 bridgehead atoms. The first kappa shape index (κ1) is 19.4. The van der Waals surface area contributed by atoms with Crippen molar-refractivity contribution in [2.24, 2.45) is 5.73 Å². The Morgan fingerprint density at radius 2 is 1.90 bits per heavy atom. The van der Waals surface area contributed by atoms with E-state index < -0.39 is 11.9 Å². The summed E-state index contributed by atoms with van der Waals surface area (Å²) in [6, 6.07) is 11.7. The Kier molecular flexibility index (Phi) is 4.59. The number of nitrogens with one attached hydrogen (secondary N) is 2. The zero-order chi connectivity index (χ0) is 21.7. The van der Waals surface area contributed by atoms with Crippen LogP contribution in [0.1, 0.15) is 56.3 Å². The van der Waals surface area contributed by atoms with E-state index in [2.05, 4.69) is 10.6 Å². The van der Waals surface area contributed by atoms with Crippen molar-refractivity contribution in [1.82, 2.24) is 15.5 Å². The molecule has 0 spiro atoms. The first-order valence-electron chi connectivity index (χ1n) is 10.3. The van der Waals surface area contributed by atoms with E-state index in [0.29, 0.717) is 24.0 Å². The quantitative estimate of drug-likeness (QED) is 0.637. The molecular weight excluding hydrogens is 396 g/mol. The fourth-order valence-corrected chi connectivity index (χ4v) is 4.71. The molecule has 3 aliphatic rings. The van der Waals surface area contributed by atoms with Gasteiger partial charge in [0.15, 0.2) is 0 Å². The highest BCUT2D eigenvalue weighted by molar-refractivity contribution is 6.06. The summed E-state index contributed by atoms with van der Waals surface area (Å²) in [5, 5.41) is 5.28. The van der Waals surface area contributed by atoms with E-state index in [1.807, 2.05) is 24.3 Å². The summed E-state index contributed by atoms with van der Waals surface area (Å²) in [7, 11) is 0. The molecule has 5 rings (SSSR count). The molecule has 0 saturated carbocycles. The zero-order valence-electron chi connectivity index (χ0n) is 16.8. The van der Waals surface area contributed by atoms with Gasteiger partial charge >= 0.3 is 0 Å². The molecule has 31 heavy (non-hydrogen) atoms. The molecule has 8 heteroatoms. The number of piperidine rings is 1. The van der Waals surface area contributed by atoms with Crippen molar-refractivity contribution in [2.45, 2.75) is 43.9 Å². The Hall–Kier alpha value is -3.52. The van der Waals surface area contributed by atoms with Crippen LogP contribution in [0.5, 0.6) is 0 Å². The smallest absolute Gasteiger partial charge is 0.255 e. The van der Waals surface area contributed by atoms with E-state index in [1.165, 1.54) is 4.90 Å². The second-order valence-corrected chi connectivity index (χ2v) is 8.28. The lowest BCUT2D eigenvalue weighted by Crippen LogP contribution is -2.52. The third-order valence-electron chi connectivity index (χ3n) is 6.39. The van der Waals surface area contributed by atoms with E-state index in [9.17, 15) is 19.2 Å². The number of amides is 4. The minimum atomic E-state index is -0.676. The van der Waals surface area contributed by atoms with Gasteiger partial charge in [-0.15, -0.1) is 0 Å². The van der Waals surface area contributed by atoms with Gasteiger partial charge in [0, 0.05) is 24.1 Å². The van der Waals surface area contributed by atoms with E-state index in [1.54, 1.807) is 18.2 Å². The summed E-state index contributed by atoms with van der Waals surface area (Å²) in [5.74, 6) is -1.37. The van der Waals surface area contributed by atoms with Crippen molar-refractivity contribution >= 4 is 23.6 Å². The van der Waals surface area contributed by atoms with Gasteiger partial charge in [-0.1, -0.05) is 30.3 Å². The molecule has 2 aromatic rings. The largest absolute Gasteiger partial charge is 0.347 e. The highest BCUT2D eigenvalue weighted by atomic mass is 16.2. The predicted octanol–water partition coefficient (Wildman–Crippen LogP) is 0.802. The Morgan fingerprint density at radius 1 is 1.10 bits per heavy atom. The summed E-state index contributed by atoms with van der Waals surface area (Å²) < 4.78 is 0. The molecule has 4 N–H and O–H groups in total. The lowest BCUT2D eigenvalue weighted by Gasteiger charge is -2.29. The van der Waals surface area contributed by atoms with Crippen LogP contribution in [-0.2, 0) is 22.6 Å². The number of nitrogens with two attached hydrogens (primary N) is 1. The van der Waals surface area contributed by atoms with E-state index in [0.717, 1.165) is 16.7 Å². The van der Waals surface area contributed by atoms with Crippen molar-refractivity contribution in [2.75, 3.05) is 0 Å². The Bertz CT molecular complexity index is 1130. The van der Waals surface area contributed by atoms with Gasteiger partial charge in [0.2, 0.25) is 11.8 Å². The van der Waals surface area contributed by atoms with Gasteiger partial charge in [0.25, 0.3) is 11.8 Å². The molecule has 3 atom stereocenters. The fraction of sp³-hybridized carbons (Fsp3) is 0.304. The van der Waals surface area contributed by atoms with Crippen LogP contribution < -0.4 is 16.4 Å². The molecule has 2 aliphatic heterocycles. The van der Waals surface area contributed by atoms with Crippen molar-refractivity contribution in [3.63, 3.8) is 0 Å².